The lowest BCUT2D eigenvalue weighted by atomic mass is 10.00. The van der Waals surface area contributed by atoms with Gasteiger partial charge in [-0.3, -0.25) is 4.79 Å². The Bertz CT molecular complexity index is 474. The Kier molecular flexibility index (Phi) is 5.01. The Balaban J connectivity index is 1.98. The number of nitrogens with one attached hydrogen (secondary N) is 2. The van der Waals surface area contributed by atoms with Crippen molar-refractivity contribution in [3.05, 3.63) is 23.8 Å². The Morgan fingerprint density at radius 2 is 2.20 bits per heavy atom. The molecular formula is C16H24N2O2. The van der Waals surface area contributed by atoms with Crippen LogP contribution in [0.3, 0.4) is 0 Å². The summed E-state index contributed by atoms with van der Waals surface area (Å²) >= 11 is 0. The number of likely N-dealkylation sites (N-methyl/N-ethyl adjacent to an activating group) is 1. The molecule has 0 aromatic heterocycles. The van der Waals surface area contributed by atoms with E-state index in [0.717, 1.165) is 29.8 Å². The average Bonchev–Trinajstić information content (AvgIpc) is 2.47. The van der Waals surface area contributed by atoms with Crippen LogP contribution in [0.2, 0.25) is 0 Å². The molecule has 2 rings (SSSR count). The van der Waals surface area contributed by atoms with Crippen LogP contribution in [0.1, 0.15) is 32.3 Å². The summed E-state index contributed by atoms with van der Waals surface area (Å²) in [5.41, 5.74) is 2.08. The molecule has 0 spiro atoms. The van der Waals surface area contributed by atoms with E-state index in [2.05, 4.69) is 24.5 Å². The summed E-state index contributed by atoms with van der Waals surface area (Å²) in [6.45, 7) is 5.08. The van der Waals surface area contributed by atoms with Crippen molar-refractivity contribution in [3.63, 3.8) is 0 Å². The predicted molar refractivity (Wildman–Crippen MR) is 81.2 cm³/mol. The van der Waals surface area contributed by atoms with Gasteiger partial charge in [0.05, 0.1) is 0 Å². The number of aryl methyl sites for hydroxylation is 1. The van der Waals surface area contributed by atoms with Gasteiger partial charge in [-0.05, 0) is 43.1 Å². The standard InChI is InChI=1S/C16H24N2O2/c1-4-11(2)15(17-3)10-20-13-6-7-14-12(9-13)5-8-16(19)18-14/h6-7,9,11,15,17H,4-5,8,10H2,1-3H3,(H,18,19). The lowest BCUT2D eigenvalue weighted by molar-refractivity contribution is -0.116. The van der Waals surface area contributed by atoms with E-state index in [4.69, 9.17) is 4.74 Å². The molecule has 0 bridgehead atoms. The molecule has 0 aliphatic carbocycles. The van der Waals surface area contributed by atoms with Crippen molar-refractivity contribution < 1.29 is 9.53 Å². The van der Waals surface area contributed by atoms with Crippen LogP contribution in [0.15, 0.2) is 18.2 Å². The van der Waals surface area contributed by atoms with Crippen LogP contribution in [-0.2, 0) is 11.2 Å². The normalized spacial score (nSPS) is 17.1. The summed E-state index contributed by atoms with van der Waals surface area (Å²) in [6, 6.07) is 6.25. The Morgan fingerprint density at radius 3 is 2.90 bits per heavy atom. The second-order valence-corrected chi connectivity index (χ2v) is 5.46. The largest absolute Gasteiger partial charge is 0.492 e. The summed E-state index contributed by atoms with van der Waals surface area (Å²) in [7, 11) is 1.97. The second-order valence-electron chi connectivity index (χ2n) is 5.46. The Hall–Kier alpha value is -1.55. The molecule has 4 heteroatoms. The van der Waals surface area contributed by atoms with Gasteiger partial charge in [0, 0.05) is 18.2 Å². The van der Waals surface area contributed by atoms with E-state index in [0.29, 0.717) is 25.0 Å². The number of fused-ring (bicyclic) bond motifs is 1. The number of carbonyl (C=O) groups excluding carboxylic acids is 1. The van der Waals surface area contributed by atoms with Gasteiger partial charge in [0.1, 0.15) is 12.4 Å². The summed E-state index contributed by atoms with van der Waals surface area (Å²) in [5, 5.41) is 6.19. The SMILES string of the molecule is CCC(C)C(COc1ccc2c(c1)CCC(=O)N2)NC. The maximum Gasteiger partial charge on any atom is 0.224 e. The highest BCUT2D eigenvalue weighted by Gasteiger charge is 2.17. The Morgan fingerprint density at radius 1 is 1.40 bits per heavy atom. The fourth-order valence-corrected chi connectivity index (χ4v) is 2.45. The maximum atomic E-state index is 11.3. The quantitative estimate of drug-likeness (QED) is 0.839. The molecule has 1 heterocycles. The number of amides is 1. The second kappa shape index (κ2) is 6.75. The third-order valence-electron chi connectivity index (χ3n) is 4.10. The lowest BCUT2D eigenvalue weighted by Crippen LogP contribution is -2.37. The van der Waals surface area contributed by atoms with E-state index in [-0.39, 0.29) is 5.91 Å². The molecule has 2 N–H and O–H groups in total. The maximum absolute atomic E-state index is 11.3. The first-order valence-corrected chi connectivity index (χ1v) is 7.37. The van der Waals surface area contributed by atoms with E-state index in [1.807, 2.05) is 25.2 Å². The fraction of sp³-hybridized carbons (Fsp3) is 0.562. The molecular weight excluding hydrogens is 252 g/mol. The molecule has 2 atom stereocenters. The van der Waals surface area contributed by atoms with Gasteiger partial charge in [0.25, 0.3) is 0 Å². The fourth-order valence-electron chi connectivity index (χ4n) is 2.45. The van der Waals surface area contributed by atoms with Crippen LogP contribution in [0, 0.1) is 5.92 Å². The van der Waals surface area contributed by atoms with Gasteiger partial charge in [-0.2, -0.15) is 0 Å². The zero-order chi connectivity index (χ0) is 14.5. The zero-order valence-corrected chi connectivity index (χ0v) is 12.5. The van der Waals surface area contributed by atoms with Crippen LogP contribution in [0.5, 0.6) is 5.75 Å². The van der Waals surface area contributed by atoms with Gasteiger partial charge in [-0.1, -0.05) is 20.3 Å². The first kappa shape index (κ1) is 14.9. The number of anilines is 1. The van der Waals surface area contributed by atoms with Crippen LogP contribution < -0.4 is 15.4 Å². The van der Waals surface area contributed by atoms with Crippen molar-refractivity contribution in [3.8, 4) is 5.75 Å². The topological polar surface area (TPSA) is 50.4 Å². The first-order valence-electron chi connectivity index (χ1n) is 7.37. The molecule has 0 saturated heterocycles. The minimum atomic E-state index is 0.0955. The zero-order valence-electron chi connectivity index (χ0n) is 12.5. The van der Waals surface area contributed by atoms with Gasteiger partial charge in [-0.25, -0.2) is 0 Å². The third kappa shape index (κ3) is 3.51. The van der Waals surface area contributed by atoms with Crippen molar-refractivity contribution in [1.29, 1.82) is 0 Å². The van der Waals surface area contributed by atoms with Crippen LogP contribution in [0.25, 0.3) is 0 Å². The minimum Gasteiger partial charge on any atom is -0.492 e. The van der Waals surface area contributed by atoms with Crippen molar-refractivity contribution in [2.24, 2.45) is 5.92 Å². The van der Waals surface area contributed by atoms with E-state index >= 15 is 0 Å². The number of carbonyl (C=O) groups is 1. The molecule has 0 saturated carbocycles. The van der Waals surface area contributed by atoms with E-state index < -0.39 is 0 Å². The number of hydrogen-bond acceptors (Lipinski definition) is 3. The number of rotatable bonds is 6. The highest BCUT2D eigenvalue weighted by atomic mass is 16.5. The predicted octanol–water partition coefficient (Wildman–Crippen LogP) is 2.58. The van der Waals surface area contributed by atoms with Gasteiger partial charge < -0.3 is 15.4 Å². The average molecular weight is 276 g/mol. The molecule has 1 amide bonds. The van der Waals surface area contributed by atoms with Gasteiger partial charge in [-0.15, -0.1) is 0 Å². The summed E-state index contributed by atoms with van der Waals surface area (Å²) < 4.78 is 5.90. The van der Waals surface area contributed by atoms with Gasteiger partial charge in [0.2, 0.25) is 5.91 Å². The molecule has 110 valence electrons. The molecule has 1 aromatic carbocycles. The van der Waals surface area contributed by atoms with Crippen LogP contribution in [-0.4, -0.2) is 25.6 Å². The van der Waals surface area contributed by atoms with Crippen molar-refractivity contribution >= 4 is 11.6 Å². The molecule has 0 fully saturated rings. The van der Waals surface area contributed by atoms with E-state index in [1.165, 1.54) is 0 Å². The summed E-state index contributed by atoms with van der Waals surface area (Å²) in [5.74, 6) is 1.55. The minimum absolute atomic E-state index is 0.0955. The van der Waals surface area contributed by atoms with Crippen LogP contribution in [0.4, 0.5) is 5.69 Å². The monoisotopic (exact) mass is 276 g/mol. The van der Waals surface area contributed by atoms with Crippen molar-refractivity contribution in [1.82, 2.24) is 5.32 Å². The molecule has 20 heavy (non-hydrogen) atoms. The highest BCUT2D eigenvalue weighted by Crippen LogP contribution is 2.27. The van der Waals surface area contributed by atoms with E-state index in [1.54, 1.807) is 0 Å². The number of hydrogen-bond donors (Lipinski definition) is 2. The van der Waals surface area contributed by atoms with Crippen molar-refractivity contribution in [2.45, 2.75) is 39.2 Å². The molecule has 1 aromatic rings. The first-order chi connectivity index (χ1) is 9.63. The van der Waals surface area contributed by atoms with Gasteiger partial charge in [0.15, 0.2) is 0 Å². The Labute approximate surface area is 120 Å². The molecule has 2 unspecified atom stereocenters. The number of ether oxygens (including phenoxy) is 1. The third-order valence-corrected chi connectivity index (χ3v) is 4.10. The lowest BCUT2D eigenvalue weighted by Gasteiger charge is -2.23. The van der Waals surface area contributed by atoms with Gasteiger partial charge >= 0.3 is 0 Å². The van der Waals surface area contributed by atoms with Crippen molar-refractivity contribution in [2.75, 3.05) is 19.0 Å². The smallest absolute Gasteiger partial charge is 0.224 e. The number of benzene rings is 1. The molecule has 1 aliphatic heterocycles. The molecule has 4 nitrogen and oxygen atoms in total. The summed E-state index contributed by atoms with van der Waals surface area (Å²) in [6.07, 6.45) is 2.48. The highest BCUT2D eigenvalue weighted by molar-refractivity contribution is 5.93. The molecule has 1 aliphatic rings. The van der Waals surface area contributed by atoms with E-state index in [9.17, 15) is 4.79 Å². The summed E-state index contributed by atoms with van der Waals surface area (Å²) in [4.78, 5) is 11.3. The molecule has 0 radical (unpaired) electrons. The van der Waals surface area contributed by atoms with Crippen LogP contribution >= 0.6 is 0 Å².